The van der Waals surface area contributed by atoms with Crippen LogP contribution in [0.3, 0.4) is 0 Å². The van der Waals surface area contributed by atoms with Crippen LogP contribution in [0.1, 0.15) is 15.9 Å². The third kappa shape index (κ3) is 2.91. The third-order valence-electron chi connectivity index (χ3n) is 2.36. The van der Waals surface area contributed by atoms with Crippen molar-refractivity contribution in [3.63, 3.8) is 0 Å². The molecule has 5 nitrogen and oxygen atoms in total. The molecule has 0 aliphatic rings. The second kappa shape index (κ2) is 5.09. The predicted molar refractivity (Wildman–Crippen MR) is 61.0 cm³/mol. The quantitative estimate of drug-likeness (QED) is 0.360. The Morgan fingerprint density at radius 2 is 1.44 bits per heavy atom. The monoisotopic (exact) mass is 244 g/mol. The lowest BCUT2D eigenvalue weighted by molar-refractivity contribution is -0.904. The molecular weight excluding hydrogens is 232 g/mol. The Kier molecular flexibility index (Phi) is 3.33. The standard InChI is InChI=1S/C13H12N2O3/c16-13(12-5-9-15(18)10-6-12)2-1-11-3-7-14(17)8-4-11/h1-10,17-18H/q+2. The van der Waals surface area contributed by atoms with Gasteiger partial charge in [0.1, 0.15) is 0 Å². The summed E-state index contributed by atoms with van der Waals surface area (Å²) in [4.78, 5) is 11.8. The van der Waals surface area contributed by atoms with Crippen molar-refractivity contribution in [3.8, 4) is 0 Å². The Balaban J connectivity index is 2.11. The molecule has 0 amide bonds. The number of rotatable bonds is 3. The summed E-state index contributed by atoms with van der Waals surface area (Å²) in [5.41, 5.74) is 1.30. The summed E-state index contributed by atoms with van der Waals surface area (Å²) in [6.07, 6.45) is 8.82. The van der Waals surface area contributed by atoms with Gasteiger partial charge in [0.05, 0.1) is 0 Å². The number of aromatic nitrogens is 2. The molecule has 0 radical (unpaired) electrons. The normalized spacial score (nSPS) is 10.7. The first-order valence-electron chi connectivity index (χ1n) is 5.29. The molecule has 0 saturated carbocycles. The third-order valence-corrected chi connectivity index (χ3v) is 2.36. The molecule has 2 aromatic rings. The van der Waals surface area contributed by atoms with Crippen molar-refractivity contribution < 1.29 is 24.7 Å². The lowest BCUT2D eigenvalue weighted by Crippen LogP contribution is -2.28. The smallest absolute Gasteiger partial charge is 0.223 e. The van der Waals surface area contributed by atoms with E-state index >= 15 is 0 Å². The van der Waals surface area contributed by atoms with Crippen LogP contribution in [-0.2, 0) is 0 Å². The topological polar surface area (TPSA) is 65.3 Å². The summed E-state index contributed by atoms with van der Waals surface area (Å²) >= 11 is 0. The van der Waals surface area contributed by atoms with Gasteiger partial charge < -0.3 is 0 Å². The zero-order valence-electron chi connectivity index (χ0n) is 9.47. The van der Waals surface area contributed by atoms with Crippen LogP contribution in [0, 0.1) is 0 Å². The highest BCUT2D eigenvalue weighted by molar-refractivity contribution is 6.06. The molecule has 0 unspecified atom stereocenters. The van der Waals surface area contributed by atoms with Crippen LogP contribution in [0.25, 0.3) is 6.08 Å². The highest BCUT2D eigenvalue weighted by atomic mass is 16.5. The zero-order valence-corrected chi connectivity index (χ0v) is 9.47. The molecule has 0 aliphatic heterocycles. The second-order valence-electron chi connectivity index (χ2n) is 3.68. The molecular formula is C13H12N2O3+2. The maximum atomic E-state index is 11.8. The lowest BCUT2D eigenvalue weighted by atomic mass is 10.1. The molecule has 0 saturated heterocycles. The first-order valence-corrected chi connectivity index (χ1v) is 5.29. The van der Waals surface area contributed by atoms with Crippen LogP contribution in [-0.4, -0.2) is 16.2 Å². The van der Waals surface area contributed by atoms with Crippen LogP contribution in [0.4, 0.5) is 0 Å². The number of hydrogen-bond donors (Lipinski definition) is 2. The maximum Gasteiger partial charge on any atom is 0.223 e. The second-order valence-corrected chi connectivity index (χ2v) is 3.68. The molecule has 2 rings (SSSR count). The number of carbonyl (C=O) groups excluding carboxylic acids is 1. The predicted octanol–water partition coefficient (Wildman–Crippen LogP) is 0.632. The van der Waals surface area contributed by atoms with E-state index < -0.39 is 0 Å². The van der Waals surface area contributed by atoms with E-state index in [0.29, 0.717) is 5.56 Å². The summed E-state index contributed by atoms with van der Waals surface area (Å²) < 4.78 is 1.80. The number of allylic oxidation sites excluding steroid dienone is 1. The average molecular weight is 244 g/mol. The summed E-state index contributed by atoms with van der Waals surface area (Å²) in [7, 11) is 0. The highest BCUT2D eigenvalue weighted by Gasteiger charge is 2.04. The summed E-state index contributed by atoms with van der Waals surface area (Å²) in [5.74, 6) is -0.156. The maximum absolute atomic E-state index is 11.8. The first-order chi connectivity index (χ1) is 8.65. The Morgan fingerprint density at radius 3 is 2.00 bits per heavy atom. The average Bonchev–Trinajstić information content (AvgIpc) is 2.38. The molecule has 0 spiro atoms. The minimum Gasteiger partial charge on any atom is -0.289 e. The largest absolute Gasteiger partial charge is 0.289 e. The van der Waals surface area contributed by atoms with Gasteiger partial charge in [-0.25, -0.2) is 0 Å². The van der Waals surface area contributed by atoms with Crippen LogP contribution >= 0.6 is 0 Å². The Labute approximate surface area is 103 Å². The summed E-state index contributed by atoms with van der Waals surface area (Å²) in [6, 6.07) is 6.41. The molecule has 2 N–H and O–H groups in total. The molecule has 5 heteroatoms. The Bertz CT molecular complexity index is 574. The Morgan fingerprint density at radius 1 is 0.944 bits per heavy atom. The summed E-state index contributed by atoms with van der Waals surface area (Å²) in [6.45, 7) is 0. The van der Waals surface area contributed by atoms with E-state index in [9.17, 15) is 4.79 Å². The van der Waals surface area contributed by atoms with E-state index in [1.165, 1.54) is 43.0 Å². The minimum atomic E-state index is -0.156. The van der Waals surface area contributed by atoms with Crippen molar-refractivity contribution >= 4 is 11.9 Å². The zero-order chi connectivity index (χ0) is 13.0. The molecule has 2 heterocycles. The lowest BCUT2D eigenvalue weighted by Gasteiger charge is -1.92. The minimum absolute atomic E-state index is 0.156. The van der Waals surface area contributed by atoms with Crippen molar-refractivity contribution in [1.29, 1.82) is 0 Å². The van der Waals surface area contributed by atoms with Crippen LogP contribution in [0.5, 0.6) is 0 Å². The fourth-order valence-electron chi connectivity index (χ4n) is 1.39. The highest BCUT2D eigenvalue weighted by Crippen LogP contribution is 2.03. The fourth-order valence-corrected chi connectivity index (χ4v) is 1.39. The van der Waals surface area contributed by atoms with Crippen LogP contribution in [0.2, 0.25) is 0 Å². The first kappa shape index (κ1) is 11.8. The van der Waals surface area contributed by atoms with Gasteiger partial charge in [0.25, 0.3) is 0 Å². The van der Waals surface area contributed by atoms with Crippen molar-refractivity contribution in [2.24, 2.45) is 0 Å². The van der Waals surface area contributed by atoms with Gasteiger partial charge in [0.15, 0.2) is 5.78 Å². The van der Waals surface area contributed by atoms with Gasteiger partial charge in [0.2, 0.25) is 24.8 Å². The van der Waals surface area contributed by atoms with Gasteiger partial charge in [-0.3, -0.25) is 15.2 Å². The van der Waals surface area contributed by atoms with E-state index in [4.69, 9.17) is 10.4 Å². The molecule has 18 heavy (non-hydrogen) atoms. The molecule has 0 bridgehead atoms. The van der Waals surface area contributed by atoms with Crippen molar-refractivity contribution in [2.45, 2.75) is 0 Å². The number of ketones is 1. The van der Waals surface area contributed by atoms with E-state index in [1.54, 1.807) is 18.2 Å². The molecule has 0 aromatic carbocycles. The molecule has 2 aromatic heterocycles. The Hall–Kier alpha value is -2.69. The number of carbonyl (C=O) groups is 1. The SMILES string of the molecule is O=C(C=Cc1cc[n+](O)cc1)c1cc[n+](O)cc1. The molecule has 0 atom stereocenters. The van der Waals surface area contributed by atoms with Gasteiger partial charge in [-0.2, -0.15) is 0 Å². The van der Waals surface area contributed by atoms with Crippen LogP contribution < -0.4 is 9.46 Å². The van der Waals surface area contributed by atoms with Crippen LogP contribution in [0.15, 0.2) is 55.1 Å². The summed E-state index contributed by atoms with van der Waals surface area (Å²) in [5, 5.41) is 18.1. The number of pyridine rings is 2. The van der Waals surface area contributed by atoms with Crippen molar-refractivity contribution in [2.75, 3.05) is 0 Å². The van der Waals surface area contributed by atoms with Gasteiger partial charge in [-0.15, -0.1) is 0 Å². The van der Waals surface area contributed by atoms with Crippen molar-refractivity contribution in [1.82, 2.24) is 0 Å². The number of nitrogens with zero attached hydrogens (tertiary/aromatic N) is 2. The van der Waals surface area contributed by atoms with Gasteiger partial charge in [-0.05, 0) is 11.6 Å². The van der Waals surface area contributed by atoms with E-state index in [-0.39, 0.29) is 5.78 Å². The van der Waals surface area contributed by atoms with Crippen molar-refractivity contribution in [3.05, 3.63) is 66.3 Å². The van der Waals surface area contributed by atoms with Gasteiger partial charge in [0, 0.05) is 39.3 Å². The fraction of sp³-hybridized carbons (Fsp3) is 0. The van der Waals surface area contributed by atoms with E-state index in [1.807, 2.05) is 0 Å². The molecule has 90 valence electrons. The number of hydrogen-bond acceptors (Lipinski definition) is 3. The van der Waals surface area contributed by atoms with Gasteiger partial charge in [-0.1, -0.05) is 6.08 Å². The molecule has 0 fully saturated rings. The van der Waals surface area contributed by atoms with Gasteiger partial charge >= 0.3 is 0 Å². The van der Waals surface area contributed by atoms with E-state index in [2.05, 4.69) is 0 Å². The molecule has 0 aliphatic carbocycles. The van der Waals surface area contributed by atoms with E-state index in [0.717, 1.165) is 15.0 Å².